The Morgan fingerprint density at radius 2 is 2.31 bits per heavy atom. The summed E-state index contributed by atoms with van der Waals surface area (Å²) in [4.78, 5) is 11.9. The fourth-order valence-corrected chi connectivity index (χ4v) is 4.33. The van der Waals surface area contributed by atoms with Crippen LogP contribution >= 0.6 is 55.6 Å². The number of amides is 1. The van der Waals surface area contributed by atoms with E-state index in [0.717, 1.165) is 27.1 Å². The van der Waals surface area contributed by atoms with E-state index in [2.05, 4.69) is 42.5 Å². The molecule has 1 atom stereocenters. The summed E-state index contributed by atoms with van der Waals surface area (Å²) < 4.78 is 1.84. The molecule has 0 radical (unpaired) electrons. The van der Waals surface area contributed by atoms with Gasteiger partial charge in [-0.25, -0.2) is 0 Å². The number of nitrogens with one attached hydrogen (secondary N) is 2. The number of rotatable bonds is 2. The summed E-state index contributed by atoms with van der Waals surface area (Å²) >= 11 is 8.25. The van der Waals surface area contributed by atoms with E-state index in [1.165, 1.54) is 11.3 Å². The van der Waals surface area contributed by atoms with Crippen molar-refractivity contribution in [1.29, 1.82) is 0 Å². The first-order valence-electron chi connectivity index (χ1n) is 4.63. The van der Waals surface area contributed by atoms with Gasteiger partial charge in [0.15, 0.2) is 0 Å². The SMILES string of the molecule is Cl.O=C(NC1CCNC1)c1cc(Br)sc1Br. The third kappa shape index (κ3) is 3.43. The highest BCUT2D eigenvalue weighted by molar-refractivity contribution is 9.12. The van der Waals surface area contributed by atoms with Crippen molar-refractivity contribution in [2.45, 2.75) is 12.5 Å². The van der Waals surface area contributed by atoms with Crippen LogP contribution in [0.25, 0.3) is 0 Å². The third-order valence-corrected chi connectivity index (χ3v) is 4.64. The normalized spacial score (nSPS) is 19.2. The second kappa shape index (κ2) is 6.35. The maximum atomic E-state index is 11.9. The number of carbonyl (C=O) groups excluding carboxylic acids is 1. The molecular weight excluding hydrogens is 379 g/mol. The van der Waals surface area contributed by atoms with Gasteiger partial charge in [0.1, 0.15) is 0 Å². The van der Waals surface area contributed by atoms with E-state index < -0.39 is 0 Å². The minimum absolute atomic E-state index is 0. The summed E-state index contributed by atoms with van der Waals surface area (Å²) in [6, 6.07) is 2.11. The fraction of sp³-hybridized carbons (Fsp3) is 0.444. The second-order valence-corrected chi connectivity index (χ2v) is 7.15. The number of halogens is 3. The maximum absolute atomic E-state index is 11.9. The minimum Gasteiger partial charge on any atom is -0.348 e. The molecule has 1 fully saturated rings. The molecule has 16 heavy (non-hydrogen) atoms. The molecular formula is C9H11Br2ClN2OS. The van der Waals surface area contributed by atoms with Crippen LogP contribution in [0.5, 0.6) is 0 Å². The monoisotopic (exact) mass is 388 g/mol. The van der Waals surface area contributed by atoms with E-state index in [1.54, 1.807) is 0 Å². The molecule has 1 aromatic rings. The van der Waals surface area contributed by atoms with Crippen LogP contribution in [0, 0.1) is 0 Å². The van der Waals surface area contributed by atoms with Crippen LogP contribution in [0.15, 0.2) is 13.6 Å². The quantitative estimate of drug-likeness (QED) is 0.815. The van der Waals surface area contributed by atoms with Crippen molar-refractivity contribution in [2.75, 3.05) is 13.1 Å². The predicted molar refractivity (Wildman–Crippen MR) is 75.7 cm³/mol. The average Bonchev–Trinajstić information content (AvgIpc) is 2.75. The molecule has 1 aliphatic rings. The van der Waals surface area contributed by atoms with Crippen LogP contribution in [0.4, 0.5) is 0 Å². The standard InChI is InChI=1S/C9H10Br2N2OS.ClH/c10-7-3-6(8(11)15-7)9(14)13-5-1-2-12-4-5;/h3,5,12H,1-2,4H2,(H,13,14);1H. The summed E-state index contributed by atoms with van der Waals surface area (Å²) in [6.07, 6.45) is 1.01. The van der Waals surface area contributed by atoms with Crippen LogP contribution in [-0.2, 0) is 0 Å². The van der Waals surface area contributed by atoms with Gasteiger partial charge in [-0.1, -0.05) is 0 Å². The van der Waals surface area contributed by atoms with E-state index in [9.17, 15) is 4.79 Å². The van der Waals surface area contributed by atoms with Crippen molar-refractivity contribution >= 4 is 61.5 Å². The summed E-state index contributed by atoms with van der Waals surface area (Å²) in [5.74, 6) is -0.00229. The van der Waals surface area contributed by atoms with Crippen LogP contribution in [-0.4, -0.2) is 25.0 Å². The molecule has 7 heteroatoms. The Bertz CT molecular complexity index is 380. The highest BCUT2D eigenvalue weighted by Crippen LogP contribution is 2.31. The van der Waals surface area contributed by atoms with Gasteiger partial charge in [0.2, 0.25) is 0 Å². The molecule has 0 aliphatic carbocycles. The van der Waals surface area contributed by atoms with Gasteiger partial charge in [-0.2, -0.15) is 0 Å². The van der Waals surface area contributed by atoms with Crippen LogP contribution in [0.3, 0.4) is 0 Å². The van der Waals surface area contributed by atoms with Gasteiger partial charge in [-0.05, 0) is 50.9 Å². The zero-order valence-electron chi connectivity index (χ0n) is 8.26. The Balaban J connectivity index is 0.00000128. The minimum atomic E-state index is -0.00229. The zero-order valence-corrected chi connectivity index (χ0v) is 13.1. The Kier molecular flexibility index (Phi) is 5.73. The number of hydrogen-bond donors (Lipinski definition) is 2. The van der Waals surface area contributed by atoms with Gasteiger partial charge < -0.3 is 10.6 Å². The molecule has 3 nitrogen and oxygen atoms in total. The Hall–Kier alpha value is 0.380. The second-order valence-electron chi connectivity index (χ2n) is 3.40. The molecule has 0 saturated carbocycles. The van der Waals surface area contributed by atoms with Crippen molar-refractivity contribution in [3.8, 4) is 0 Å². The number of hydrogen-bond acceptors (Lipinski definition) is 3. The molecule has 2 heterocycles. The largest absolute Gasteiger partial charge is 0.348 e. The van der Waals surface area contributed by atoms with Gasteiger partial charge in [0.05, 0.1) is 13.1 Å². The van der Waals surface area contributed by atoms with Gasteiger partial charge in [0, 0.05) is 12.6 Å². The molecule has 0 spiro atoms. The lowest BCUT2D eigenvalue weighted by Gasteiger charge is -2.10. The van der Waals surface area contributed by atoms with E-state index in [0.29, 0.717) is 5.56 Å². The lowest BCUT2D eigenvalue weighted by molar-refractivity contribution is 0.0940. The summed E-state index contributed by atoms with van der Waals surface area (Å²) in [5, 5.41) is 6.22. The predicted octanol–water partition coefficient (Wildman–Crippen LogP) is 2.79. The van der Waals surface area contributed by atoms with Gasteiger partial charge >= 0.3 is 0 Å². The van der Waals surface area contributed by atoms with Crippen LogP contribution in [0.2, 0.25) is 0 Å². The molecule has 2 N–H and O–H groups in total. The van der Waals surface area contributed by atoms with E-state index in [4.69, 9.17) is 0 Å². The van der Waals surface area contributed by atoms with Gasteiger partial charge in [0.25, 0.3) is 5.91 Å². The topological polar surface area (TPSA) is 41.1 Å². The summed E-state index contributed by atoms with van der Waals surface area (Å²) in [5.41, 5.74) is 0.707. The first kappa shape index (κ1) is 14.4. The smallest absolute Gasteiger partial charge is 0.253 e. The molecule has 1 unspecified atom stereocenters. The van der Waals surface area contributed by atoms with E-state index in [1.807, 2.05) is 6.07 Å². The number of carbonyl (C=O) groups is 1. The van der Waals surface area contributed by atoms with Crippen LogP contribution < -0.4 is 10.6 Å². The fourth-order valence-electron chi connectivity index (χ4n) is 1.54. The molecule has 0 aromatic carbocycles. The Morgan fingerprint density at radius 3 is 2.81 bits per heavy atom. The van der Waals surface area contributed by atoms with Crippen molar-refractivity contribution in [1.82, 2.24) is 10.6 Å². The highest BCUT2D eigenvalue weighted by atomic mass is 79.9. The van der Waals surface area contributed by atoms with Gasteiger partial charge in [-0.15, -0.1) is 23.7 Å². The van der Waals surface area contributed by atoms with Crippen molar-refractivity contribution < 1.29 is 4.79 Å². The third-order valence-electron chi connectivity index (χ3n) is 2.30. The molecule has 1 saturated heterocycles. The first-order chi connectivity index (χ1) is 7.16. The van der Waals surface area contributed by atoms with E-state index >= 15 is 0 Å². The summed E-state index contributed by atoms with van der Waals surface area (Å²) in [7, 11) is 0. The summed E-state index contributed by atoms with van der Waals surface area (Å²) in [6.45, 7) is 1.86. The Morgan fingerprint density at radius 1 is 1.56 bits per heavy atom. The lowest BCUT2D eigenvalue weighted by atomic mass is 10.2. The van der Waals surface area contributed by atoms with Crippen molar-refractivity contribution in [3.63, 3.8) is 0 Å². The van der Waals surface area contributed by atoms with E-state index in [-0.39, 0.29) is 24.4 Å². The average molecular weight is 391 g/mol. The highest BCUT2D eigenvalue weighted by Gasteiger charge is 2.20. The molecule has 0 bridgehead atoms. The molecule has 2 rings (SSSR count). The molecule has 1 aromatic heterocycles. The first-order valence-corrected chi connectivity index (χ1v) is 7.03. The molecule has 1 aliphatic heterocycles. The van der Waals surface area contributed by atoms with Crippen LogP contribution in [0.1, 0.15) is 16.8 Å². The molecule has 90 valence electrons. The zero-order chi connectivity index (χ0) is 10.8. The molecule has 1 amide bonds. The van der Waals surface area contributed by atoms with Gasteiger partial charge in [-0.3, -0.25) is 4.79 Å². The van der Waals surface area contributed by atoms with Crippen molar-refractivity contribution in [3.05, 3.63) is 19.2 Å². The Labute approximate surface area is 121 Å². The lowest BCUT2D eigenvalue weighted by Crippen LogP contribution is -2.36. The maximum Gasteiger partial charge on any atom is 0.253 e. The van der Waals surface area contributed by atoms with Crippen molar-refractivity contribution in [2.24, 2.45) is 0 Å². The number of thiophene rings is 1.